The lowest BCUT2D eigenvalue weighted by atomic mass is 10.1. The number of nitrogens with two attached hydrogens (primary N) is 1. The molecule has 4 rings (SSSR count). The monoisotopic (exact) mass is 538 g/mol. The van der Waals surface area contributed by atoms with Crippen molar-refractivity contribution in [3.63, 3.8) is 0 Å². The number of benzene rings is 2. The fourth-order valence-corrected chi connectivity index (χ4v) is 3.94. The van der Waals surface area contributed by atoms with Crippen molar-refractivity contribution >= 4 is 44.7 Å². The number of alkyl halides is 3. The number of methoxy groups -OCH3 is 1. The minimum absolute atomic E-state index is 0.221. The highest BCUT2D eigenvalue weighted by molar-refractivity contribution is 9.10. The number of fused-ring (bicyclic) bond motifs is 1. The van der Waals surface area contributed by atoms with Gasteiger partial charge in [-0.15, -0.1) is 0 Å². The molecule has 0 unspecified atom stereocenters. The first kappa shape index (κ1) is 23.3. The first-order valence-corrected chi connectivity index (χ1v) is 10.3. The number of amides is 2. The zero-order valence-electron chi connectivity index (χ0n) is 17.2. The summed E-state index contributed by atoms with van der Waals surface area (Å²) < 4.78 is 60.0. The molecular formula is C21H15BrF4N6O2. The Morgan fingerprint density at radius 3 is 2.50 bits per heavy atom. The van der Waals surface area contributed by atoms with Crippen LogP contribution in [-0.2, 0) is 6.18 Å². The van der Waals surface area contributed by atoms with Crippen LogP contribution in [0.25, 0.3) is 16.6 Å². The van der Waals surface area contributed by atoms with Gasteiger partial charge in [0, 0.05) is 5.69 Å². The summed E-state index contributed by atoms with van der Waals surface area (Å²) in [6, 6.07) is 7.26. The summed E-state index contributed by atoms with van der Waals surface area (Å²) in [5.74, 6) is -0.319. The van der Waals surface area contributed by atoms with E-state index in [0.29, 0.717) is 50.9 Å². The largest absolute Gasteiger partial charge is 0.493 e. The van der Waals surface area contributed by atoms with Crippen LogP contribution in [0, 0.1) is 5.82 Å². The summed E-state index contributed by atoms with van der Waals surface area (Å²) in [7, 11) is 1.49. The normalized spacial score (nSPS) is 11.5. The summed E-state index contributed by atoms with van der Waals surface area (Å²) in [6.45, 7) is 0. The van der Waals surface area contributed by atoms with E-state index in [1.165, 1.54) is 18.0 Å². The fraction of sp³-hybridized carbons (Fsp3) is 0.0952. The number of anilines is 3. The number of carbonyl (C=O) groups excluding carboxylic acids is 1. The van der Waals surface area contributed by atoms with Gasteiger partial charge >= 0.3 is 12.2 Å². The van der Waals surface area contributed by atoms with Gasteiger partial charge in [-0.05, 0) is 51.8 Å². The van der Waals surface area contributed by atoms with Crippen LogP contribution in [-0.4, -0.2) is 27.7 Å². The maximum absolute atomic E-state index is 13.9. The molecule has 4 aromatic rings. The van der Waals surface area contributed by atoms with Crippen LogP contribution < -0.4 is 21.1 Å². The Morgan fingerprint density at radius 2 is 1.85 bits per heavy atom. The second-order valence-electron chi connectivity index (χ2n) is 6.95. The molecule has 8 nitrogen and oxygen atoms in total. The fourth-order valence-electron chi connectivity index (χ4n) is 3.31. The van der Waals surface area contributed by atoms with Crippen LogP contribution in [0.5, 0.6) is 5.75 Å². The molecule has 0 radical (unpaired) electrons. The minimum atomic E-state index is -4.68. The standard InChI is InChI=1S/C21H15BrF4N6O2/c1-34-17-15(16-19(27)28-9-29-32(16)18(17)22)10-2-5-12(6-3-10)30-20(33)31-14-8-11(21(24,25)26)4-7-13(14)23/h2-9H,1H3,(H2,27,28,29)(H2,30,31,33). The van der Waals surface area contributed by atoms with E-state index in [-0.39, 0.29) is 5.82 Å². The number of carbonyl (C=O) groups is 1. The van der Waals surface area contributed by atoms with E-state index >= 15 is 0 Å². The summed E-state index contributed by atoms with van der Waals surface area (Å²) in [5, 5.41) is 8.68. The molecule has 0 fully saturated rings. The lowest BCUT2D eigenvalue weighted by molar-refractivity contribution is -0.137. The van der Waals surface area contributed by atoms with Gasteiger partial charge in [-0.3, -0.25) is 0 Å². The Balaban J connectivity index is 1.58. The van der Waals surface area contributed by atoms with Gasteiger partial charge in [-0.25, -0.2) is 18.7 Å². The second-order valence-corrected chi connectivity index (χ2v) is 7.70. The predicted octanol–water partition coefficient (Wildman–Crippen LogP) is 5.55. The van der Waals surface area contributed by atoms with Crippen LogP contribution in [0.1, 0.15) is 5.56 Å². The topological polar surface area (TPSA) is 107 Å². The van der Waals surface area contributed by atoms with Gasteiger partial charge in [0.2, 0.25) is 0 Å². The molecule has 176 valence electrons. The van der Waals surface area contributed by atoms with E-state index in [1.54, 1.807) is 24.3 Å². The molecule has 34 heavy (non-hydrogen) atoms. The molecule has 2 aromatic heterocycles. The van der Waals surface area contributed by atoms with Crippen molar-refractivity contribution in [2.75, 3.05) is 23.5 Å². The van der Waals surface area contributed by atoms with E-state index in [4.69, 9.17) is 10.5 Å². The molecular weight excluding hydrogens is 524 g/mol. The molecule has 2 aromatic carbocycles. The molecule has 0 bridgehead atoms. The average Bonchev–Trinajstić information content (AvgIpc) is 3.08. The second kappa shape index (κ2) is 8.82. The van der Waals surface area contributed by atoms with Crippen molar-refractivity contribution in [1.82, 2.24) is 14.6 Å². The SMILES string of the molecule is COc1c(-c2ccc(NC(=O)Nc3cc(C(F)(F)F)ccc3F)cc2)c2c(N)ncnn2c1Br. The van der Waals surface area contributed by atoms with Gasteiger partial charge in [0.1, 0.15) is 17.7 Å². The Hall–Kier alpha value is -3.87. The summed E-state index contributed by atoms with van der Waals surface area (Å²) in [4.78, 5) is 16.3. The molecule has 0 saturated heterocycles. The number of nitrogens with one attached hydrogen (secondary N) is 2. The van der Waals surface area contributed by atoms with Gasteiger partial charge < -0.3 is 21.1 Å². The first-order chi connectivity index (χ1) is 16.1. The number of nitrogen functional groups attached to an aromatic ring is 1. The van der Waals surface area contributed by atoms with E-state index in [1.807, 2.05) is 0 Å². The van der Waals surface area contributed by atoms with Crippen molar-refractivity contribution in [3.8, 4) is 16.9 Å². The zero-order chi connectivity index (χ0) is 24.6. The molecule has 0 saturated carbocycles. The third-order valence-electron chi connectivity index (χ3n) is 4.83. The smallest absolute Gasteiger partial charge is 0.416 e. The van der Waals surface area contributed by atoms with Crippen molar-refractivity contribution in [1.29, 1.82) is 0 Å². The highest BCUT2D eigenvalue weighted by Gasteiger charge is 2.31. The Kier molecular flexibility index (Phi) is 6.04. The molecule has 13 heteroatoms. The number of nitrogens with zero attached hydrogens (tertiary/aromatic N) is 3. The lowest BCUT2D eigenvalue weighted by Gasteiger charge is -2.12. The highest BCUT2D eigenvalue weighted by Crippen LogP contribution is 2.43. The number of aromatic nitrogens is 3. The van der Waals surface area contributed by atoms with Crippen molar-refractivity contribution in [2.45, 2.75) is 6.18 Å². The molecule has 0 aliphatic carbocycles. The summed E-state index contributed by atoms with van der Waals surface area (Å²) in [6.07, 6.45) is -3.38. The maximum Gasteiger partial charge on any atom is 0.416 e. The predicted molar refractivity (Wildman–Crippen MR) is 121 cm³/mol. The number of ether oxygens (including phenoxy) is 1. The number of hydrogen-bond donors (Lipinski definition) is 3. The Bertz CT molecular complexity index is 1390. The molecule has 4 N–H and O–H groups in total. The molecule has 0 atom stereocenters. The number of rotatable bonds is 4. The molecule has 0 aliphatic rings. The summed E-state index contributed by atoms with van der Waals surface area (Å²) in [5.41, 5.74) is 6.43. The first-order valence-electron chi connectivity index (χ1n) is 9.50. The lowest BCUT2D eigenvalue weighted by Crippen LogP contribution is -2.20. The zero-order valence-corrected chi connectivity index (χ0v) is 18.8. The van der Waals surface area contributed by atoms with Gasteiger partial charge in [0.25, 0.3) is 0 Å². The maximum atomic E-state index is 13.9. The van der Waals surface area contributed by atoms with Crippen molar-refractivity contribution < 1.29 is 27.1 Å². The van der Waals surface area contributed by atoms with E-state index in [2.05, 4.69) is 36.6 Å². The third-order valence-corrected chi connectivity index (χ3v) is 5.53. The van der Waals surface area contributed by atoms with Gasteiger partial charge in [-0.2, -0.15) is 18.3 Å². The summed E-state index contributed by atoms with van der Waals surface area (Å²) >= 11 is 3.42. The number of halogens is 5. The van der Waals surface area contributed by atoms with E-state index in [9.17, 15) is 22.4 Å². The molecule has 2 amide bonds. The minimum Gasteiger partial charge on any atom is -0.493 e. The van der Waals surface area contributed by atoms with Crippen LogP contribution in [0.15, 0.2) is 53.4 Å². The average molecular weight is 539 g/mol. The van der Waals surface area contributed by atoms with Gasteiger partial charge in [-0.1, -0.05) is 12.1 Å². The van der Waals surface area contributed by atoms with Crippen molar-refractivity contribution in [2.24, 2.45) is 0 Å². The van der Waals surface area contributed by atoms with Crippen LogP contribution in [0.2, 0.25) is 0 Å². The molecule has 2 heterocycles. The van der Waals surface area contributed by atoms with E-state index < -0.39 is 29.3 Å². The van der Waals surface area contributed by atoms with Crippen LogP contribution >= 0.6 is 15.9 Å². The quantitative estimate of drug-likeness (QED) is 0.295. The van der Waals surface area contributed by atoms with Crippen molar-refractivity contribution in [3.05, 3.63) is 64.8 Å². The van der Waals surface area contributed by atoms with Crippen LogP contribution in [0.4, 0.5) is 39.5 Å². The van der Waals surface area contributed by atoms with Crippen LogP contribution in [0.3, 0.4) is 0 Å². The van der Waals surface area contributed by atoms with Gasteiger partial charge in [0.15, 0.2) is 16.2 Å². The Morgan fingerprint density at radius 1 is 1.15 bits per heavy atom. The Labute approximate surface area is 197 Å². The number of urea groups is 1. The molecule has 0 aliphatic heterocycles. The third kappa shape index (κ3) is 4.33. The highest BCUT2D eigenvalue weighted by atomic mass is 79.9. The molecule has 0 spiro atoms. The van der Waals surface area contributed by atoms with E-state index in [0.717, 1.165) is 0 Å². The number of hydrogen-bond acceptors (Lipinski definition) is 5. The van der Waals surface area contributed by atoms with Gasteiger partial charge in [0.05, 0.1) is 23.9 Å².